The lowest BCUT2D eigenvalue weighted by atomic mass is 9.94. The van der Waals surface area contributed by atoms with E-state index < -0.39 is 12.0 Å². The molecule has 17 heavy (non-hydrogen) atoms. The summed E-state index contributed by atoms with van der Waals surface area (Å²) in [6.07, 6.45) is -0.257. The molecule has 5 heteroatoms. The number of aliphatic hydroxyl groups is 1. The summed E-state index contributed by atoms with van der Waals surface area (Å²) in [6, 6.07) is 5.70. The topological polar surface area (TPSA) is 60.7 Å². The van der Waals surface area contributed by atoms with E-state index >= 15 is 0 Å². The van der Waals surface area contributed by atoms with Crippen molar-refractivity contribution in [3.63, 3.8) is 0 Å². The van der Waals surface area contributed by atoms with Crippen LogP contribution >= 0.6 is 0 Å². The number of hydrogen-bond acceptors (Lipinski definition) is 3. The van der Waals surface area contributed by atoms with Gasteiger partial charge in [-0.05, 0) is 37.1 Å². The van der Waals surface area contributed by atoms with E-state index in [0.29, 0.717) is 0 Å². The van der Waals surface area contributed by atoms with Crippen molar-refractivity contribution in [2.75, 3.05) is 0 Å². The second-order valence-electron chi connectivity index (χ2n) is 4.10. The van der Waals surface area contributed by atoms with Gasteiger partial charge >= 0.3 is 0 Å². The Morgan fingerprint density at radius 3 is 1.59 bits per heavy atom. The first-order valence-electron chi connectivity index (χ1n) is 5.43. The molecule has 3 nitrogen and oxygen atoms in total. The number of halogens is 2. The first-order valence-corrected chi connectivity index (χ1v) is 5.43. The van der Waals surface area contributed by atoms with Gasteiger partial charge < -0.3 is 15.3 Å². The maximum Gasteiger partial charge on any atom is 0.248 e. The average molecular weight is 246 g/mol. The van der Waals surface area contributed by atoms with E-state index in [1.807, 2.05) is 0 Å². The highest BCUT2D eigenvalue weighted by Crippen LogP contribution is 2.32. The maximum absolute atomic E-state index is 12.3. The third-order valence-electron chi connectivity index (χ3n) is 2.54. The molecule has 0 radical (unpaired) electrons. The molecule has 0 aromatic heterocycles. The molecule has 1 aromatic rings. The highest BCUT2D eigenvalue weighted by atomic mass is 19.3. The largest absolute Gasteiger partial charge is 0.508 e. The maximum atomic E-state index is 12.3. The Bertz CT molecular complexity index is 307. The van der Waals surface area contributed by atoms with E-state index in [1.165, 1.54) is 24.3 Å². The van der Waals surface area contributed by atoms with Gasteiger partial charge in [0.25, 0.3) is 0 Å². The standard InChI is InChI=1S/C6H10F2O.C6H6O2/c7-6(8)3-1-5(9)2-4-6;7-5-1-2-6(8)4-3-5/h5,9H,1-4H2;1-4,7-8H. The van der Waals surface area contributed by atoms with Crippen molar-refractivity contribution in [1.29, 1.82) is 0 Å². The molecule has 1 aliphatic carbocycles. The molecule has 0 aliphatic heterocycles. The number of rotatable bonds is 0. The Morgan fingerprint density at radius 1 is 0.941 bits per heavy atom. The molecule has 0 amide bonds. The second kappa shape index (κ2) is 5.82. The smallest absolute Gasteiger partial charge is 0.248 e. The Morgan fingerprint density at radius 2 is 1.29 bits per heavy atom. The van der Waals surface area contributed by atoms with Gasteiger partial charge in [-0.1, -0.05) is 0 Å². The van der Waals surface area contributed by atoms with Crippen LogP contribution in [0.4, 0.5) is 8.78 Å². The first-order chi connectivity index (χ1) is 7.89. The van der Waals surface area contributed by atoms with Crippen LogP contribution in [0.3, 0.4) is 0 Å². The summed E-state index contributed by atoms with van der Waals surface area (Å²) >= 11 is 0. The molecule has 0 spiro atoms. The average Bonchev–Trinajstić information content (AvgIpc) is 2.28. The van der Waals surface area contributed by atoms with E-state index in [0.717, 1.165) is 0 Å². The molecule has 2 rings (SSSR count). The summed E-state index contributed by atoms with van der Waals surface area (Å²) in [6.45, 7) is 0. The molecule has 0 heterocycles. The lowest BCUT2D eigenvalue weighted by Gasteiger charge is -2.24. The molecule has 3 N–H and O–H groups in total. The van der Waals surface area contributed by atoms with E-state index in [-0.39, 0.29) is 37.2 Å². The number of phenols is 2. The van der Waals surface area contributed by atoms with Crippen molar-refractivity contribution in [3.05, 3.63) is 24.3 Å². The number of aliphatic hydroxyl groups excluding tert-OH is 1. The van der Waals surface area contributed by atoms with Crippen molar-refractivity contribution < 1.29 is 24.1 Å². The van der Waals surface area contributed by atoms with E-state index in [2.05, 4.69) is 0 Å². The number of benzene rings is 1. The fourth-order valence-corrected chi connectivity index (χ4v) is 1.48. The number of phenolic OH excluding ortho intramolecular Hbond substituents is 2. The normalized spacial score (nSPS) is 19.2. The summed E-state index contributed by atoms with van der Waals surface area (Å²) in [5.41, 5.74) is 0. The summed E-state index contributed by atoms with van der Waals surface area (Å²) in [4.78, 5) is 0. The highest BCUT2D eigenvalue weighted by Gasteiger charge is 2.33. The molecule has 0 unspecified atom stereocenters. The van der Waals surface area contributed by atoms with E-state index in [4.69, 9.17) is 15.3 Å². The van der Waals surface area contributed by atoms with E-state index in [1.54, 1.807) is 0 Å². The lowest BCUT2D eigenvalue weighted by Crippen LogP contribution is -2.26. The predicted octanol–water partition coefficient (Wildman–Crippen LogP) is 2.65. The zero-order valence-electron chi connectivity index (χ0n) is 9.31. The van der Waals surface area contributed by atoms with Gasteiger partial charge in [-0.25, -0.2) is 8.78 Å². The minimum Gasteiger partial charge on any atom is -0.508 e. The van der Waals surface area contributed by atoms with Gasteiger partial charge in [0, 0.05) is 12.8 Å². The molecule has 1 aliphatic rings. The highest BCUT2D eigenvalue weighted by molar-refractivity contribution is 5.28. The summed E-state index contributed by atoms with van der Waals surface area (Å²) in [7, 11) is 0. The SMILES string of the molecule is OC1CCC(F)(F)CC1.Oc1ccc(O)cc1. The van der Waals surface area contributed by atoms with Crippen LogP contribution in [0.5, 0.6) is 11.5 Å². The third-order valence-corrected chi connectivity index (χ3v) is 2.54. The van der Waals surface area contributed by atoms with Crippen LogP contribution in [0.2, 0.25) is 0 Å². The van der Waals surface area contributed by atoms with Crippen molar-refractivity contribution in [2.24, 2.45) is 0 Å². The van der Waals surface area contributed by atoms with Crippen molar-refractivity contribution >= 4 is 0 Å². The fourth-order valence-electron chi connectivity index (χ4n) is 1.48. The first kappa shape index (κ1) is 13.7. The van der Waals surface area contributed by atoms with Crippen LogP contribution in [0.1, 0.15) is 25.7 Å². The van der Waals surface area contributed by atoms with Gasteiger partial charge in [0.2, 0.25) is 5.92 Å². The second-order valence-corrected chi connectivity index (χ2v) is 4.10. The molecule has 1 saturated carbocycles. The molecule has 0 saturated heterocycles. The molecule has 1 aromatic carbocycles. The Kier molecular flexibility index (Phi) is 4.69. The van der Waals surface area contributed by atoms with Crippen LogP contribution in [-0.4, -0.2) is 27.3 Å². The molecular weight excluding hydrogens is 230 g/mol. The summed E-state index contributed by atoms with van der Waals surface area (Å²) < 4.78 is 24.5. The molecule has 0 atom stereocenters. The monoisotopic (exact) mass is 246 g/mol. The van der Waals surface area contributed by atoms with Gasteiger partial charge in [0.15, 0.2) is 0 Å². The lowest BCUT2D eigenvalue weighted by molar-refractivity contribution is -0.0630. The molecule has 1 fully saturated rings. The zero-order chi connectivity index (χ0) is 12.9. The molecule has 0 bridgehead atoms. The summed E-state index contributed by atoms with van der Waals surface area (Å²) in [5.74, 6) is -2.16. The van der Waals surface area contributed by atoms with Crippen LogP contribution in [0.15, 0.2) is 24.3 Å². The minimum atomic E-state index is -2.50. The number of aromatic hydroxyl groups is 2. The fraction of sp³-hybridized carbons (Fsp3) is 0.500. The Balaban J connectivity index is 0.000000171. The number of alkyl halides is 2. The zero-order valence-corrected chi connectivity index (χ0v) is 9.31. The van der Waals surface area contributed by atoms with Crippen molar-refractivity contribution in [3.8, 4) is 11.5 Å². The quantitative estimate of drug-likeness (QED) is 0.617. The van der Waals surface area contributed by atoms with Crippen LogP contribution in [0, 0.1) is 0 Å². The van der Waals surface area contributed by atoms with E-state index in [9.17, 15) is 8.78 Å². The molecule has 96 valence electrons. The van der Waals surface area contributed by atoms with Gasteiger partial charge in [0.1, 0.15) is 11.5 Å². The van der Waals surface area contributed by atoms with Gasteiger partial charge in [-0.15, -0.1) is 0 Å². The van der Waals surface area contributed by atoms with Crippen molar-refractivity contribution in [2.45, 2.75) is 37.7 Å². The Labute approximate surface area is 98.3 Å². The Hall–Kier alpha value is -1.36. The van der Waals surface area contributed by atoms with Crippen LogP contribution in [-0.2, 0) is 0 Å². The van der Waals surface area contributed by atoms with Crippen LogP contribution in [0.25, 0.3) is 0 Å². The van der Waals surface area contributed by atoms with Crippen molar-refractivity contribution in [1.82, 2.24) is 0 Å². The summed E-state index contributed by atoms with van der Waals surface area (Å²) in [5, 5.41) is 26.1. The number of hydrogen-bond donors (Lipinski definition) is 3. The predicted molar refractivity (Wildman–Crippen MR) is 59.2 cm³/mol. The van der Waals surface area contributed by atoms with Gasteiger partial charge in [-0.2, -0.15) is 0 Å². The van der Waals surface area contributed by atoms with Gasteiger partial charge in [0.05, 0.1) is 6.10 Å². The molecular formula is C12H16F2O3. The van der Waals surface area contributed by atoms with Gasteiger partial charge in [-0.3, -0.25) is 0 Å². The van der Waals surface area contributed by atoms with Crippen LogP contribution < -0.4 is 0 Å². The third kappa shape index (κ3) is 5.49. The minimum absolute atomic E-state index is 0.145.